The molecule has 5 heteroatoms. The van der Waals surface area contributed by atoms with Crippen molar-refractivity contribution in [3.63, 3.8) is 0 Å². The van der Waals surface area contributed by atoms with E-state index >= 15 is 0 Å². The van der Waals surface area contributed by atoms with Crippen LogP contribution in [0.2, 0.25) is 0 Å². The molecule has 1 spiro atoms. The van der Waals surface area contributed by atoms with Gasteiger partial charge in [-0.3, -0.25) is 14.5 Å². The quantitative estimate of drug-likeness (QED) is 0.694. The smallest absolute Gasteiger partial charge is 0.322 e. The predicted octanol–water partition coefficient (Wildman–Crippen LogP) is 1.96. The Morgan fingerprint density at radius 3 is 2.17 bits per heavy atom. The summed E-state index contributed by atoms with van der Waals surface area (Å²) in [5.41, 5.74) is 1.70. The van der Waals surface area contributed by atoms with Crippen molar-refractivity contribution in [1.82, 2.24) is 10.2 Å². The molecule has 0 atom stereocenters. The number of nitrogens with zero attached hydrogens (tertiary/aromatic N) is 1. The Balaban J connectivity index is 1.56. The molecule has 3 amide bonds. The van der Waals surface area contributed by atoms with Crippen molar-refractivity contribution in [3.05, 3.63) is 71.3 Å². The summed E-state index contributed by atoms with van der Waals surface area (Å²) in [4.78, 5) is 38.6. The number of carbonyl (C=O) groups excluding carboxylic acids is 3. The molecule has 0 aromatic heterocycles. The summed E-state index contributed by atoms with van der Waals surface area (Å²) in [6.07, 6.45) is 0.952. The van der Waals surface area contributed by atoms with Crippen LogP contribution in [-0.2, 0) is 17.6 Å². The zero-order chi connectivity index (χ0) is 16.7. The van der Waals surface area contributed by atoms with Gasteiger partial charge in [-0.25, -0.2) is 4.79 Å². The van der Waals surface area contributed by atoms with E-state index < -0.39 is 11.6 Å². The molecule has 1 aliphatic carbocycles. The molecule has 1 fully saturated rings. The SMILES string of the molecule is O=C(CN1C(=O)NC2(Cc3ccccc3C2)C1=O)c1ccccc1. The number of imide groups is 1. The van der Waals surface area contributed by atoms with E-state index in [0.717, 1.165) is 16.0 Å². The van der Waals surface area contributed by atoms with Gasteiger partial charge in [-0.05, 0) is 11.1 Å². The first-order valence-corrected chi connectivity index (χ1v) is 7.88. The second-order valence-corrected chi connectivity index (χ2v) is 6.32. The molecule has 2 aliphatic rings. The molecule has 1 N–H and O–H groups in total. The predicted molar refractivity (Wildman–Crippen MR) is 87.6 cm³/mol. The van der Waals surface area contributed by atoms with E-state index in [1.165, 1.54) is 0 Å². The first kappa shape index (κ1) is 14.6. The van der Waals surface area contributed by atoms with Crippen LogP contribution in [-0.4, -0.2) is 34.7 Å². The number of nitrogens with one attached hydrogen (secondary N) is 1. The maximum absolute atomic E-state index is 12.9. The van der Waals surface area contributed by atoms with E-state index in [0.29, 0.717) is 18.4 Å². The fraction of sp³-hybridized carbons (Fsp3) is 0.211. The molecule has 4 rings (SSSR count). The summed E-state index contributed by atoms with van der Waals surface area (Å²) in [6, 6.07) is 16.0. The highest BCUT2D eigenvalue weighted by atomic mass is 16.2. The molecular weight excluding hydrogens is 304 g/mol. The van der Waals surface area contributed by atoms with Gasteiger partial charge in [0.15, 0.2) is 5.78 Å². The fourth-order valence-electron chi connectivity index (χ4n) is 3.53. The van der Waals surface area contributed by atoms with Gasteiger partial charge in [0.1, 0.15) is 5.54 Å². The molecule has 0 unspecified atom stereocenters. The monoisotopic (exact) mass is 320 g/mol. The maximum Gasteiger partial charge on any atom is 0.325 e. The third kappa shape index (κ3) is 2.21. The van der Waals surface area contributed by atoms with Gasteiger partial charge in [-0.2, -0.15) is 0 Å². The Morgan fingerprint density at radius 1 is 0.958 bits per heavy atom. The summed E-state index contributed by atoms with van der Waals surface area (Å²) in [7, 11) is 0. The van der Waals surface area contributed by atoms with Crippen LogP contribution >= 0.6 is 0 Å². The zero-order valence-corrected chi connectivity index (χ0v) is 13.0. The number of amides is 3. The highest BCUT2D eigenvalue weighted by molar-refractivity contribution is 6.11. The Morgan fingerprint density at radius 2 is 1.54 bits per heavy atom. The van der Waals surface area contributed by atoms with Crippen molar-refractivity contribution < 1.29 is 14.4 Å². The summed E-state index contributed by atoms with van der Waals surface area (Å²) in [6.45, 7) is -0.229. The third-order valence-corrected chi connectivity index (χ3v) is 4.75. The average Bonchev–Trinajstić information content (AvgIpc) is 3.07. The minimum atomic E-state index is -0.933. The molecule has 0 bridgehead atoms. The van der Waals surface area contributed by atoms with E-state index in [2.05, 4.69) is 5.32 Å². The van der Waals surface area contributed by atoms with E-state index in [1.54, 1.807) is 24.3 Å². The van der Waals surface area contributed by atoms with Crippen molar-refractivity contribution >= 4 is 17.7 Å². The largest absolute Gasteiger partial charge is 0.325 e. The minimum absolute atomic E-state index is 0.229. The Kier molecular flexibility index (Phi) is 3.23. The van der Waals surface area contributed by atoms with Crippen LogP contribution in [0.15, 0.2) is 54.6 Å². The van der Waals surface area contributed by atoms with E-state index in [4.69, 9.17) is 0 Å². The number of carbonyl (C=O) groups is 3. The van der Waals surface area contributed by atoms with Crippen molar-refractivity contribution in [3.8, 4) is 0 Å². The molecule has 1 saturated heterocycles. The number of rotatable bonds is 3. The highest BCUT2D eigenvalue weighted by Gasteiger charge is 2.54. The summed E-state index contributed by atoms with van der Waals surface area (Å²) in [5, 5.41) is 2.82. The van der Waals surface area contributed by atoms with E-state index in [9.17, 15) is 14.4 Å². The van der Waals surface area contributed by atoms with Crippen molar-refractivity contribution in [1.29, 1.82) is 0 Å². The van der Waals surface area contributed by atoms with Crippen molar-refractivity contribution in [2.45, 2.75) is 18.4 Å². The summed E-state index contributed by atoms with van der Waals surface area (Å²) in [5.74, 6) is -0.556. The fourth-order valence-corrected chi connectivity index (χ4v) is 3.53. The van der Waals surface area contributed by atoms with Crippen molar-refractivity contribution in [2.75, 3.05) is 6.54 Å². The Labute approximate surface area is 139 Å². The van der Waals surface area contributed by atoms with Gasteiger partial charge in [-0.15, -0.1) is 0 Å². The van der Waals surface area contributed by atoms with Crippen LogP contribution in [0.4, 0.5) is 4.79 Å². The van der Waals surface area contributed by atoms with Crippen molar-refractivity contribution in [2.24, 2.45) is 0 Å². The molecule has 1 aliphatic heterocycles. The summed E-state index contributed by atoms with van der Waals surface area (Å²) >= 11 is 0. The molecule has 2 aromatic rings. The molecule has 120 valence electrons. The van der Waals surface area contributed by atoms with Gasteiger partial charge >= 0.3 is 6.03 Å². The zero-order valence-electron chi connectivity index (χ0n) is 13.0. The van der Waals surface area contributed by atoms with Crippen LogP contribution in [0.5, 0.6) is 0 Å². The number of ketones is 1. The lowest BCUT2D eigenvalue weighted by atomic mass is 9.96. The number of Topliss-reactive ketones (excluding diaryl/α,β-unsaturated/α-hetero) is 1. The molecule has 0 radical (unpaired) electrons. The Hall–Kier alpha value is -2.95. The first-order chi connectivity index (χ1) is 11.6. The number of urea groups is 1. The van der Waals surface area contributed by atoms with Gasteiger partial charge in [0, 0.05) is 18.4 Å². The molecule has 5 nitrogen and oxygen atoms in total. The van der Waals surface area contributed by atoms with Gasteiger partial charge in [0.2, 0.25) is 0 Å². The van der Waals surface area contributed by atoms with Gasteiger partial charge in [0.05, 0.1) is 6.54 Å². The highest BCUT2D eigenvalue weighted by Crippen LogP contribution is 2.34. The molecule has 24 heavy (non-hydrogen) atoms. The third-order valence-electron chi connectivity index (χ3n) is 4.75. The number of benzene rings is 2. The van der Waals surface area contributed by atoms with Crippen LogP contribution in [0.1, 0.15) is 21.5 Å². The minimum Gasteiger partial charge on any atom is -0.322 e. The van der Waals surface area contributed by atoms with E-state index in [-0.39, 0.29) is 18.2 Å². The van der Waals surface area contributed by atoms with Crippen LogP contribution in [0.3, 0.4) is 0 Å². The van der Waals surface area contributed by atoms with Crippen LogP contribution in [0.25, 0.3) is 0 Å². The normalized spacial score (nSPS) is 17.9. The van der Waals surface area contributed by atoms with Gasteiger partial charge in [-0.1, -0.05) is 54.6 Å². The first-order valence-electron chi connectivity index (χ1n) is 7.88. The van der Waals surface area contributed by atoms with Crippen LogP contribution in [0, 0.1) is 0 Å². The topological polar surface area (TPSA) is 66.5 Å². The van der Waals surface area contributed by atoms with Crippen LogP contribution < -0.4 is 5.32 Å². The second-order valence-electron chi connectivity index (χ2n) is 6.32. The standard InChI is InChI=1S/C19H16N2O3/c22-16(13-6-2-1-3-7-13)12-21-17(23)19(20-18(21)24)10-14-8-4-5-9-15(14)11-19/h1-9H,10-12H2,(H,20,24). The molecule has 0 saturated carbocycles. The molecule has 1 heterocycles. The van der Waals surface area contributed by atoms with Gasteiger partial charge < -0.3 is 5.32 Å². The summed E-state index contributed by atoms with van der Waals surface area (Å²) < 4.78 is 0. The molecular formula is C19H16N2O3. The lowest BCUT2D eigenvalue weighted by Crippen LogP contribution is -2.48. The van der Waals surface area contributed by atoms with E-state index in [1.807, 2.05) is 30.3 Å². The number of hydrogen-bond acceptors (Lipinski definition) is 3. The average molecular weight is 320 g/mol. The second kappa shape index (κ2) is 5.30. The van der Waals surface area contributed by atoms with Gasteiger partial charge in [0.25, 0.3) is 5.91 Å². The molecule has 2 aromatic carbocycles. The maximum atomic E-state index is 12.9. The number of fused-ring (bicyclic) bond motifs is 1. The lowest BCUT2D eigenvalue weighted by Gasteiger charge is -2.20. The Bertz CT molecular complexity index is 820. The number of hydrogen-bond donors (Lipinski definition) is 1. The lowest BCUT2D eigenvalue weighted by molar-refractivity contribution is -0.130.